The minimum Gasteiger partial charge on any atom is -0.445 e. The number of piperazine rings is 1. The molecule has 2 aliphatic heterocycles. The molecule has 2 aliphatic rings. The first kappa shape index (κ1) is 27.5. The molecule has 0 aromatic heterocycles. The number of aliphatic hydroxyl groups is 1. The molecule has 194 valence electrons. The van der Waals surface area contributed by atoms with Crippen molar-refractivity contribution in [3.8, 4) is 0 Å². The lowest BCUT2D eigenvalue weighted by Crippen LogP contribution is -2.61. The van der Waals surface area contributed by atoms with E-state index in [9.17, 15) is 24.8 Å². The number of hydrazine groups is 1. The number of thiol groups is 1. The Labute approximate surface area is 214 Å². The van der Waals surface area contributed by atoms with Gasteiger partial charge in [0.15, 0.2) is 0 Å². The maximum absolute atomic E-state index is 12.7. The highest BCUT2D eigenvalue weighted by molar-refractivity contribution is 7.99. The lowest BCUT2D eigenvalue weighted by molar-refractivity contribution is -0.384. The van der Waals surface area contributed by atoms with Crippen molar-refractivity contribution in [1.29, 1.82) is 0 Å². The van der Waals surface area contributed by atoms with Gasteiger partial charge in [0.1, 0.15) is 6.61 Å². The van der Waals surface area contributed by atoms with Crippen LogP contribution in [0.3, 0.4) is 0 Å². The van der Waals surface area contributed by atoms with Crippen LogP contribution in [0.5, 0.6) is 0 Å². The topological polar surface area (TPSA) is 137 Å². The zero-order chi connectivity index (χ0) is 25.4. The Balaban J connectivity index is 1.39. The van der Waals surface area contributed by atoms with Gasteiger partial charge >= 0.3 is 6.09 Å². The minimum absolute atomic E-state index is 0.0148. The highest BCUT2D eigenvalue weighted by atomic mass is 32.2. The Bertz CT molecular complexity index is 874. The number of hydrogen-bond acceptors (Lipinski definition) is 10. The van der Waals surface area contributed by atoms with E-state index in [4.69, 9.17) is 4.74 Å². The molecule has 11 nitrogen and oxygen atoms in total. The van der Waals surface area contributed by atoms with Crippen molar-refractivity contribution < 1.29 is 24.4 Å². The number of non-ortho nitro benzene ring substituents is 1. The summed E-state index contributed by atoms with van der Waals surface area (Å²) in [5, 5.41) is 25.7. The monoisotopic (exact) mass is 527 g/mol. The van der Waals surface area contributed by atoms with Crippen molar-refractivity contribution in [3.63, 3.8) is 0 Å². The molecule has 4 unspecified atom stereocenters. The summed E-state index contributed by atoms with van der Waals surface area (Å²) in [4.78, 5) is 37.0. The largest absolute Gasteiger partial charge is 0.445 e. The number of ether oxygens (including phenoxy) is 1. The van der Waals surface area contributed by atoms with Crippen molar-refractivity contribution in [2.75, 3.05) is 37.7 Å². The van der Waals surface area contributed by atoms with Crippen molar-refractivity contribution in [2.24, 2.45) is 0 Å². The molecule has 2 heterocycles. The van der Waals surface area contributed by atoms with Gasteiger partial charge in [0.05, 0.1) is 17.1 Å². The van der Waals surface area contributed by atoms with Crippen LogP contribution < -0.4 is 10.7 Å². The Morgan fingerprint density at radius 1 is 1.40 bits per heavy atom. The van der Waals surface area contributed by atoms with Gasteiger partial charge in [-0.2, -0.15) is 24.4 Å². The molecular weight excluding hydrogens is 494 g/mol. The smallest absolute Gasteiger partial charge is 0.410 e. The number of nitrogens with zero attached hydrogens (tertiary/aromatic N) is 3. The third-order valence-corrected chi connectivity index (χ3v) is 7.52. The molecule has 0 radical (unpaired) electrons. The third kappa shape index (κ3) is 8.24. The zero-order valence-electron chi connectivity index (χ0n) is 19.7. The van der Waals surface area contributed by atoms with Crippen LogP contribution in [0.1, 0.15) is 25.3 Å². The van der Waals surface area contributed by atoms with Crippen LogP contribution in [0.2, 0.25) is 0 Å². The number of aliphatic hydroxyl groups excluding tert-OH is 1. The van der Waals surface area contributed by atoms with E-state index in [0.29, 0.717) is 43.1 Å². The van der Waals surface area contributed by atoms with Crippen molar-refractivity contribution >= 4 is 42.1 Å². The standard InChI is InChI=1S/C22H33N5O6S2/c1-15(28)20-11-23-7-8-26(20)24-21(29)6-9-35-14-18-10-19(34)12-25(18)22(30)33-13-16-2-4-17(5-3-16)27(31)32/h2-5,15,18-20,23,28,34H,6-14H2,1H3,(H,24,29). The summed E-state index contributed by atoms with van der Waals surface area (Å²) in [6.07, 6.45) is 0.0837. The zero-order valence-corrected chi connectivity index (χ0v) is 21.4. The number of carbonyl (C=O) groups is 2. The number of thioether (sulfide) groups is 1. The first-order chi connectivity index (χ1) is 16.7. The SMILES string of the molecule is CC(O)C1CNCCN1NC(=O)CCSCC1CC(S)CN1C(=O)OCc1ccc([N+](=O)[O-])cc1. The Kier molecular flexibility index (Phi) is 10.5. The fourth-order valence-corrected chi connectivity index (χ4v) is 5.61. The predicted molar refractivity (Wildman–Crippen MR) is 136 cm³/mol. The highest BCUT2D eigenvalue weighted by Gasteiger charge is 2.34. The first-order valence-electron chi connectivity index (χ1n) is 11.6. The Morgan fingerprint density at radius 2 is 2.14 bits per heavy atom. The number of nitro benzene ring substituents is 1. The molecule has 2 saturated heterocycles. The predicted octanol–water partition coefficient (Wildman–Crippen LogP) is 1.41. The van der Waals surface area contributed by atoms with Crippen LogP contribution in [0, 0.1) is 10.1 Å². The lowest BCUT2D eigenvalue weighted by Gasteiger charge is -2.37. The molecule has 1 aromatic carbocycles. The third-order valence-electron chi connectivity index (χ3n) is 6.03. The summed E-state index contributed by atoms with van der Waals surface area (Å²) in [6.45, 7) is 4.24. The maximum Gasteiger partial charge on any atom is 0.410 e. The van der Waals surface area contributed by atoms with Gasteiger partial charge in [-0.1, -0.05) is 0 Å². The molecule has 0 aliphatic carbocycles. The summed E-state index contributed by atoms with van der Waals surface area (Å²) in [7, 11) is 0. The maximum atomic E-state index is 12.7. The molecule has 13 heteroatoms. The van der Waals surface area contributed by atoms with E-state index in [1.54, 1.807) is 40.7 Å². The summed E-state index contributed by atoms with van der Waals surface area (Å²) >= 11 is 6.13. The number of rotatable bonds is 10. The molecule has 0 saturated carbocycles. The van der Waals surface area contributed by atoms with Crippen molar-refractivity contribution in [1.82, 2.24) is 20.7 Å². The van der Waals surface area contributed by atoms with E-state index in [0.717, 1.165) is 13.0 Å². The highest BCUT2D eigenvalue weighted by Crippen LogP contribution is 2.26. The number of amides is 2. The number of likely N-dealkylation sites (tertiary alicyclic amines) is 1. The number of hydrogen-bond donors (Lipinski definition) is 4. The lowest BCUT2D eigenvalue weighted by atomic mass is 10.1. The van der Waals surface area contributed by atoms with Gasteiger partial charge in [-0.05, 0) is 31.0 Å². The number of benzene rings is 1. The summed E-state index contributed by atoms with van der Waals surface area (Å²) in [5.74, 6) is 1.18. The normalized spacial score (nSPS) is 23.6. The fourth-order valence-electron chi connectivity index (χ4n) is 4.11. The number of nitrogens with one attached hydrogen (secondary N) is 2. The second kappa shape index (κ2) is 13.3. The van der Waals surface area contributed by atoms with Gasteiger partial charge in [0.2, 0.25) is 5.91 Å². The molecule has 2 fully saturated rings. The van der Waals surface area contributed by atoms with E-state index < -0.39 is 17.1 Å². The van der Waals surface area contributed by atoms with Crippen molar-refractivity contribution in [3.05, 3.63) is 39.9 Å². The summed E-state index contributed by atoms with van der Waals surface area (Å²) in [5.41, 5.74) is 3.56. The molecule has 3 N–H and O–H groups in total. The van der Waals surface area contributed by atoms with E-state index in [1.165, 1.54) is 12.1 Å². The first-order valence-corrected chi connectivity index (χ1v) is 13.3. The molecule has 3 rings (SSSR count). The molecule has 4 atom stereocenters. The molecule has 0 bridgehead atoms. The number of nitro groups is 1. The second-order valence-electron chi connectivity index (χ2n) is 8.74. The van der Waals surface area contributed by atoms with Gasteiger partial charge < -0.3 is 20.1 Å². The number of carbonyl (C=O) groups excluding carboxylic acids is 2. The van der Waals surface area contributed by atoms with Crippen LogP contribution in [-0.4, -0.2) is 93.1 Å². The van der Waals surface area contributed by atoms with E-state index >= 15 is 0 Å². The molecular formula is C22H33N5O6S2. The van der Waals surface area contributed by atoms with Crippen molar-refractivity contribution in [2.45, 2.75) is 49.8 Å². The van der Waals surface area contributed by atoms with E-state index in [2.05, 4.69) is 23.4 Å². The average Bonchev–Trinajstić information content (AvgIpc) is 3.21. The van der Waals surface area contributed by atoms with Crippen LogP contribution >= 0.6 is 24.4 Å². The van der Waals surface area contributed by atoms with Crippen LogP contribution in [-0.2, 0) is 16.1 Å². The minimum atomic E-state index is -0.555. The molecule has 0 spiro atoms. The molecule has 35 heavy (non-hydrogen) atoms. The van der Waals surface area contributed by atoms with Gasteiger partial charge in [-0.3, -0.25) is 20.3 Å². The van der Waals surface area contributed by atoms with Gasteiger partial charge in [0.25, 0.3) is 5.69 Å². The second-order valence-corrected chi connectivity index (χ2v) is 10.6. The van der Waals surface area contributed by atoms with E-state index in [1.807, 2.05) is 0 Å². The van der Waals surface area contributed by atoms with Crippen LogP contribution in [0.25, 0.3) is 0 Å². The van der Waals surface area contributed by atoms with E-state index in [-0.39, 0.29) is 35.5 Å². The van der Waals surface area contributed by atoms with Crippen LogP contribution in [0.4, 0.5) is 10.5 Å². The van der Waals surface area contributed by atoms with Gasteiger partial charge in [0, 0.05) is 67.5 Å². The quantitative estimate of drug-likeness (QED) is 0.154. The van der Waals surface area contributed by atoms with Gasteiger partial charge in [-0.25, -0.2) is 9.80 Å². The summed E-state index contributed by atoms with van der Waals surface area (Å²) < 4.78 is 5.43. The summed E-state index contributed by atoms with van der Waals surface area (Å²) in [6, 6.07) is 5.70. The fraction of sp³-hybridized carbons (Fsp3) is 0.636. The average molecular weight is 528 g/mol. The Morgan fingerprint density at radius 3 is 2.83 bits per heavy atom. The Hall–Kier alpha value is -2.06. The van der Waals surface area contributed by atoms with Gasteiger partial charge in [-0.15, -0.1) is 0 Å². The molecule has 1 aromatic rings. The van der Waals surface area contributed by atoms with Crippen LogP contribution in [0.15, 0.2) is 24.3 Å². The molecule has 2 amide bonds.